The Morgan fingerprint density at radius 2 is 1.90 bits per heavy atom. The van der Waals surface area contributed by atoms with Crippen molar-refractivity contribution in [3.05, 3.63) is 58.1 Å². The SMILES string of the molecule is COc1ccc(Nc2ccc(C(C)O)cc2)c([N+](=O)[O-])c1. The predicted octanol–water partition coefficient (Wildman–Crippen LogP) is 3.40. The molecule has 0 spiro atoms. The summed E-state index contributed by atoms with van der Waals surface area (Å²) >= 11 is 0. The number of nitro benzene ring substituents is 1. The number of hydrogen-bond donors (Lipinski definition) is 2. The first-order valence-electron chi connectivity index (χ1n) is 6.38. The molecule has 1 atom stereocenters. The fraction of sp³-hybridized carbons (Fsp3) is 0.200. The van der Waals surface area contributed by atoms with Crippen LogP contribution in [0, 0.1) is 10.1 Å². The molecule has 0 saturated heterocycles. The lowest BCUT2D eigenvalue weighted by Gasteiger charge is -2.10. The fourth-order valence-electron chi connectivity index (χ4n) is 1.90. The average molecular weight is 288 g/mol. The molecule has 0 radical (unpaired) electrons. The summed E-state index contributed by atoms with van der Waals surface area (Å²) in [6.45, 7) is 1.68. The van der Waals surface area contributed by atoms with Crippen LogP contribution in [0.5, 0.6) is 5.75 Å². The molecule has 6 heteroatoms. The quantitative estimate of drug-likeness (QED) is 0.650. The Balaban J connectivity index is 2.28. The molecule has 0 aliphatic rings. The van der Waals surface area contributed by atoms with E-state index in [1.165, 1.54) is 13.2 Å². The molecule has 0 aliphatic heterocycles. The van der Waals surface area contributed by atoms with Crippen LogP contribution in [0.4, 0.5) is 17.1 Å². The highest BCUT2D eigenvalue weighted by molar-refractivity contribution is 5.70. The molecule has 0 heterocycles. The lowest BCUT2D eigenvalue weighted by atomic mass is 10.1. The van der Waals surface area contributed by atoms with Crippen LogP contribution in [-0.2, 0) is 0 Å². The van der Waals surface area contributed by atoms with E-state index >= 15 is 0 Å². The highest BCUT2D eigenvalue weighted by Gasteiger charge is 2.15. The Morgan fingerprint density at radius 3 is 2.43 bits per heavy atom. The molecule has 2 rings (SSSR count). The van der Waals surface area contributed by atoms with Crippen LogP contribution in [-0.4, -0.2) is 17.1 Å². The molecule has 0 aliphatic carbocycles. The minimum atomic E-state index is -0.547. The van der Waals surface area contributed by atoms with Gasteiger partial charge < -0.3 is 15.2 Å². The highest BCUT2D eigenvalue weighted by atomic mass is 16.6. The van der Waals surface area contributed by atoms with E-state index in [4.69, 9.17) is 4.74 Å². The number of ether oxygens (including phenoxy) is 1. The third-order valence-corrected chi connectivity index (χ3v) is 3.07. The van der Waals surface area contributed by atoms with Crippen molar-refractivity contribution >= 4 is 17.1 Å². The van der Waals surface area contributed by atoms with Crippen molar-refractivity contribution in [3.8, 4) is 5.75 Å². The standard InChI is InChI=1S/C15H16N2O4/c1-10(18)11-3-5-12(6-4-11)16-14-8-7-13(21-2)9-15(14)17(19)20/h3-10,16,18H,1-2H3. The van der Waals surface area contributed by atoms with Gasteiger partial charge in [0.1, 0.15) is 11.4 Å². The summed E-state index contributed by atoms with van der Waals surface area (Å²) in [5.74, 6) is 0.428. The summed E-state index contributed by atoms with van der Waals surface area (Å²) < 4.78 is 4.99. The molecule has 2 N–H and O–H groups in total. The molecule has 0 bridgehead atoms. The molecule has 2 aromatic rings. The van der Waals surface area contributed by atoms with Crippen molar-refractivity contribution in [1.82, 2.24) is 0 Å². The van der Waals surface area contributed by atoms with Gasteiger partial charge in [-0.2, -0.15) is 0 Å². The molecular formula is C15H16N2O4. The van der Waals surface area contributed by atoms with E-state index in [0.717, 1.165) is 5.56 Å². The number of aliphatic hydroxyl groups excluding tert-OH is 1. The summed E-state index contributed by atoms with van der Waals surface area (Å²) in [4.78, 5) is 10.6. The van der Waals surface area contributed by atoms with E-state index in [0.29, 0.717) is 17.1 Å². The summed E-state index contributed by atoms with van der Waals surface area (Å²) in [5, 5.41) is 23.5. The van der Waals surface area contributed by atoms with Gasteiger partial charge >= 0.3 is 0 Å². The van der Waals surface area contributed by atoms with Crippen molar-refractivity contribution < 1.29 is 14.8 Å². The van der Waals surface area contributed by atoms with Gasteiger partial charge in [-0.3, -0.25) is 10.1 Å². The summed E-state index contributed by atoms with van der Waals surface area (Å²) in [5.41, 5.74) is 1.80. The van der Waals surface area contributed by atoms with Gasteiger partial charge in [0.05, 0.1) is 24.2 Å². The Labute approximate surface area is 122 Å². The average Bonchev–Trinajstić information content (AvgIpc) is 2.48. The van der Waals surface area contributed by atoms with Crippen LogP contribution >= 0.6 is 0 Å². The van der Waals surface area contributed by atoms with Crippen LogP contribution in [0.25, 0.3) is 0 Å². The molecular weight excluding hydrogens is 272 g/mol. The Bertz CT molecular complexity index is 639. The van der Waals surface area contributed by atoms with E-state index < -0.39 is 11.0 Å². The van der Waals surface area contributed by atoms with Crippen LogP contribution in [0.1, 0.15) is 18.6 Å². The van der Waals surface area contributed by atoms with Gasteiger partial charge in [0.2, 0.25) is 0 Å². The zero-order valence-electron chi connectivity index (χ0n) is 11.7. The van der Waals surface area contributed by atoms with Crippen LogP contribution in [0.3, 0.4) is 0 Å². The maximum Gasteiger partial charge on any atom is 0.296 e. The number of methoxy groups -OCH3 is 1. The van der Waals surface area contributed by atoms with Gasteiger partial charge in [-0.25, -0.2) is 0 Å². The number of nitrogens with zero attached hydrogens (tertiary/aromatic N) is 1. The molecule has 110 valence electrons. The second-order valence-corrected chi connectivity index (χ2v) is 4.56. The number of rotatable bonds is 5. The largest absolute Gasteiger partial charge is 0.496 e. The maximum absolute atomic E-state index is 11.1. The summed E-state index contributed by atoms with van der Waals surface area (Å²) in [7, 11) is 1.46. The van der Waals surface area contributed by atoms with Crippen molar-refractivity contribution in [1.29, 1.82) is 0 Å². The lowest BCUT2D eigenvalue weighted by molar-refractivity contribution is -0.384. The molecule has 1 unspecified atom stereocenters. The first-order chi connectivity index (χ1) is 10.0. The minimum absolute atomic E-state index is 0.0612. The van der Waals surface area contributed by atoms with Gasteiger partial charge in [0.15, 0.2) is 0 Å². The number of nitro groups is 1. The number of aliphatic hydroxyl groups is 1. The number of hydrogen-bond acceptors (Lipinski definition) is 5. The monoisotopic (exact) mass is 288 g/mol. The first kappa shape index (κ1) is 14.8. The zero-order chi connectivity index (χ0) is 15.4. The second kappa shape index (κ2) is 6.23. The van der Waals surface area contributed by atoms with Crippen molar-refractivity contribution in [2.24, 2.45) is 0 Å². The van der Waals surface area contributed by atoms with E-state index in [9.17, 15) is 15.2 Å². The van der Waals surface area contributed by atoms with Crippen LogP contribution in [0.15, 0.2) is 42.5 Å². The molecule has 0 fully saturated rings. The van der Waals surface area contributed by atoms with Crippen LogP contribution < -0.4 is 10.1 Å². The minimum Gasteiger partial charge on any atom is -0.496 e. The first-order valence-corrected chi connectivity index (χ1v) is 6.38. The summed E-state index contributed by atoms with van der Waals surface area (Å²) in [6, 6.07) is 11.7. The Kier molecular flexibility index (Phi) is 4.39. The Hall–Kier alpha value is -2.60. The molecule has 2 aromatic carbocycles. The normalized spacial score (nSPS) is 11.8. The van der Waals surface area contributed by atoms with E-state index in [1.807, 2.05) is 0 Å². The van der Waals surface area contributed by atoms with Gasteiger partial charge in [-0.1, -0.05) is 12.1 Å². The smallest absolute Gasteiger partial charge is 0.296 e. The molecule has 21 heavy (non-hydrogen) atoms. The topological polar surface area (TPSA) is 84.6 Å². The predicted molar refractivity (Wildman–Crippen MR) is 80.0 cm³/mol. The number of nitrogens with one attached hydrogen (secondary N) is 1. The zero-order valence-corrected chi connectivity index (χ0v) is 11.7. The third-order valence-electron chi connectivity index (χ3n) is 3.07. The molecule has 0 amide bonds. The van der Waals surface area contributed by atoms with Gasteiger partial charge in [0.25, 0.3) is 5.69 Å². The lowest BCUT2D eigenvalue weighted by Crippen LogP contribution is -1.98. The van der Waals surface area contributed by atoms with E-state index in [1.54, 1.807) is 43.3 Å². The summed E-state index contributed by atoms with van der Waals surface area (Å²) in [6.07, 6.45) is -0.547. The number of anilines is 2. The Morgan fingerprint density at radius 1 is 1.24 bits per heavy atom. The fourth-order valence-corrected chi connectivity index (χ4v) is 1.90. The highest BCUT2D eigenvalue weighted by Crippen LogP contribution is 2.31. The molecule has 0 aromatic heterocycles. The van der Waals surface area contributed by atoms with Gasteiger partial charge in [-0.15, -0.1) is 0 Å². The molecule has 6 nitrogen and oxygen atoms in total. The number of benzene rings is 2. The maximum atomic E-state index is 11.1. The second-order valence-electron chi connectivity index (χ2n) is 4.56. The molecule has 0 saturated carbocycles. The van der Waals surface area contributed by atoms with Gasteiger partial charge in [0, 0.05) is 5.69 Å². The van der Waals surface area contributed by atoms with Crippen molar-refractivity contribution in [2.75, 3.05) is 12.4 Å². The van der Waals surface area contributed by atoms with Crippen molar-refractivity contribution in [2.45, 2.75) is 13.0 Å². The van der Waals surface area contributed by atoms with E-state index in [2.05, 4.69) is 5.32 Å². The third kappa shape index (κ3) is 3.49. The van der Waals surface area contributed by atoms with Gasteiger partial charge in [-0.05, 0) is 36.8 Å². The van der Waals surface area contributed by atoms with E-state index in [-0.39, 0.29) is 5.69 Å². The van der Waals surface area contributed by atoms with Crippen LogP contribution in [0.2, 0.25) is 0 Å². The van der Waals surface area contributed by atoms with Crippen molar-refractivity contribution in [3.63, 3.8) is 0 Å².